The minimum absolute atomic E-state index is 0.413. The molecule has 234 valence electrons. The van der Waals surface area contributed by atoms with Crippen molar-refractivity contribution in [1.29, 1.82) is 0 Å². The fraction of sp³-hybridized carbons (Fsp3) is 0.0851. The van der Waals surface area contributed by atoms with Crippen LogP contribution in [-0.4, -0.2) is 4.98 Å². The molecule has 1 aliphatic heterocycles. The number of allylic oxidation sites excluding steroid dienone is 4. The van der Waals surface area contributed by atoms with Crippen LogP contribution < -0.4 is 4.74 Å². The molecule has 1 atom stereocenters. The maximum atomic E-state index is 6.65. The summed E-state index contributed by atoms with van der Waals surface area (Å²) < 4.78 is 6.65. The van der Waals surface area contributed by atoms with Crippen LogP contribution in [0.5, 0.6) is 11.5 Å². The van der Waals surface area contributed by atoms with Crippen LogP contribution in [0.2, 0.25) is 0 Å². The summed E-state index contributed by atoms with van der Waals surface area (Å²) in [5.41, 5.74) is 10.6. The minimum Gasteiger partial charge on any atom is -0.457 e. The lowest BCUT2D eigenvalue weighted by atomic mass is 9.60. The van der Waals surface area contributed by atoms with Crippen molar-refractivity contribution in [2.75, 3.05) is 0 Å². The Morgan fingerprint density at radius 1 is 0.551 bits per heavy atom. The van der Waals surface area contributed by atoms with E-state index in [1.165, 1.54) is 27.5 Å². The van der Waals surface area contributed by atoms with Gasteiger partial charge in [0, 0.05) is 22.3 Å². The zero-order valence-electron chi connectivity index (χ0n) is 27.4. The third kappa shape index (κ3) is 4.91. The molecule has 9 rings (SSSR count). The average molecular weight is 630 g/mol. The van der Waals surface area contributed by atoms with Crippen molar-refractivity contribution >= 4 is 10.8 Å². The zero-order chi connectivity index (χ0) is 32.8. The summed E-state index contributed by atoms with van der Waals surface area (Å²) in [6.07, 6.45) is 8.18. The van der Waals surface area contributed by atoms with E-state index in [-0.39, 0.29) is 0 Å². The zero-order valence-corrected chi connectivity index (χ0v) is 27.4. The molecule has 2 heteroatoms. The van der Waals surface area contributed by atoms with Crippen LogP contribution in [0.15, 0.2) is 182 Å². The normalized spacial score (nSPS) is 15.9. The molecule has 2 heterocycles. The number of hydrogen-bond acceptors (Lipinski definition) is 2. The summed E-state index contributed by atoms with van der Waals surface area (Å²) >= 11 is 0. The first-order valence-electron chi connectivity index (χ1n) is 17.1. The van der Waals surface area contributed by atoms with E-state index in [0.717, 1.165) is 57.1 Å². The highest BCUT2D eigenvalue weighted by Gasteiger charge is 2.47. The summed E-state index contributed by atoms with van der Waals surface area (Å²) in [6, 6.07) is 56.3. The Bertz CT molecular complexity index is 2370. The van der Waals surface area contributed by atoms with Crippen LogP contribution in [0.3, 0.4) is 0 Å². The third-order valence-corrected chi connectivity index (χ3v) is 10.1. The van der Waals surface area contributed by atoms with E-state index in [2.05, 4.69) is 183 Å². The molecule has 1 unspecified atom stereocenters. The van der Waals surface area contributed by atoms with Gasteiger partial charge in [0.25, 0.3) is 0 Å². The molecule has 1 aliphatic carbocycles. The van der Waals surface area contributed by atoms with Gasteiger partial charge >= 0.3 is 0 Å². The summed E-state index contributed by atoms with van der Waals surface area (Å²) in [5, 5.41) is 2.42. The standard InChI is InChI=1S/C47H35NO/c1-32-14-13-19-38(28-32)47(41-22-9-11-24-45(41)49-46-25-12-10-23-42(46)47)40-21-8-7-20-39(40)37-30-43(34-16-3-2-4-17-34)48-44(31-37)36-27-26-33-15-5-6-18-35(33)29-36/h2-13,15-32H,14H2,1H3. The van der Waals surface area contributed by atoms with E-state index in [4.69, 9.17) is 9.72 Å². The molecule has 0 radical (unpaired) electrons. The lowest BCUT2D eigenvalue weighted by Crippen LogP contribution is -2.35. The average Bonchev–Trinajstić information content (AvgIpc) is 3.17. The van der Waals surface area contributed by atoms with Crippen LogP contribution >= 0.6 is 0 Å². The monoisotopic (exact) mass is 629 g/mol. The number of benzene rings is 6. The lowest BCUT2D eigenvalue weighted by molar-refractivity contribution is 0.433. The summed E-state index contributed by atoms with van der Waals surface area (Å²) in [5.74, 6) is 2.19. The van der Waals surface area contributed by atoms with Gasteiger partial charge in [-0.25, -0.2) is 4.98 Å². The highest BCUT2D eigenvalue weighted by molar-refractivity contribution is 5.88. The first kappa shape index (κ1) is 29.2. The smallest absolute Gasteiger partial charge is 0.132 e. The fourth-order valence-corrected chi connectivity index (χ4v) is 7.84. The largest absolute Gasteiger partial charge is 0.457 e. The number of para-hydroxylation sites is 2. The lowest BCUT2D eigenvalue weighted by Gasteiger charge is -2.44. The van der Waals surface area contributed by atoms with Crippen molar-refractivity contribution in [2.24, 2.45) is 5.92 Å². The van der Waals surface area contributed by atoms with Crippen molar-refractivity contribution in [3.63, 3.8) is 0 Å². The second-order valence-electron chi connectivity index (χ2n) is 13.2. The molecule has 0 bridgehead atoms. The molecule has 0 N–H and O–H groups in total. The topological polar surface area (TPSA) is 22.1 Å². The first-order chi connectivity index (χ1) is 24.2. The van der Waals surface area contributed by atoms with E-state index in [1.54, 1.807) is 0 Å². The first-order valence-corrected chi connectivity index (χ1v) is 17.1. The van der Waals surface area contributed by atoms with Crippen molar-refractivity contribution in [3.8, 4) is 45.1 Å². The van der Waals surface area contributed by atoms with Gasteiger partial charge in [-0.3, -0.25) is 0 Å². The van der Waals surface area contributed by atoms with Gasteiger partial charge in [0.1, 0.15) is 11.5 Å². The van der Waals surface area contributed by atoms with Crippen molar-refractivity contribution in [1.82, 2.24) is 4.98 Å². The van der Waals surface area contributed by atoms with E-state index >= 15 is 0 Å². The Hall–Kier alpha value is -5.99. The number of ether oxygens (including phenoxy) is 1. The Morgan fingerprint density at radius 3 is 1.90 bits per heavy atom. The van der Waals surface area contributed by atoms with Gasteiger partial charge in [0.05, 0.1) is 16.8 Å². The highest BCUT2D eigenvalue weighted by Crippen LogP contribution is 2.58. The SMILES string of the molecule is CC1C=C(C2(c3ccccc3-c3cc(-c4ccccc4)nc(-c4ccc5ccccc5c4)c3)c3ccccc3Oc3ccccc32)C=CC1. The fourth-order valence-electron chi connectivity index (χ4n) is 7.84. The third-order valence-electron chi connectivity index (χ3n) is 10.1. The summed E-state index contributed by atoms with van der Waals surface area (Å²) in [4.78, 5) is 5.29. The molecular formula is C47H35NO. The minimum atomic E-state index is -0.605. The maximum absolute atomic E-state index is 6.65. The summed E-state index contributed by atoms with van der Waals surface area (Å²) in [6.45, 7) is 2.31. The number of aromatic nitrogens is 1. The Balaban J connectivity index is 1.35. The number of fused-ring (bicyclic) bond motifs is 3. The van der Waals surface area contributed by atoms with Crippen molar-refractivity contribution < 1.29 is 4.74 Å². The van der Waals surface area contributed by atoms with Crippen LogP contribution in [0, 0.1) is 5.92 Å². The van der Waals surface area contributed by atoms with Crippen molar-refractivity contribution in [3.05, 3.63) is 198 Å². The molecular weight excluding hydrogens is 595 g/mol. The number of nitrogens with zero attached hydrogens (tertiary/aromatic N) is 1. The van der Waals surface area contributed by atoms with Gasteiger partial charge in [-0.15, -0.1) is 0 Å². The molecule has 2 aliphatic rings. The van der Waals surface area contributed by atoms with Crippen LogP contribution in [0.1, 0.15) is 30.0 Å². The van der Waals surface area contributed by atoms with E-state index in [0.29, 0.717) is 5.92 Å². The highest BCUT2D eigenvalue weighted by atomic mass is 16.5. The van der Waals surface area contributed by atoms with Gasteiger partial charge in [-0.1, -0.05) is 153 Å². The maximum Gasteiger partial charge on any atom is 0.132 e. The molecule has 0 fully saturated rings. The number of pyridine rings is 1. The number of hydrogen-bond donors (Lipinski definition) is 0. The Morgan fingerprint density at radius 2 is 1.16 bits per heavy atom. The van der Waals surface area contributed by atoms with E-state index < -0.39 is 5.41 Å². The molecule has 7 aromatic rings. The van der Waals surface area contributed by atoms with Crippen LogP contribution in [-0.2, 0) is 5.41 Å². The van der Waals surface area contributed by atoms with Crippen LogP contribution in [0.25, 0.3) is 44.4 Å². The van der Waals surface area contributed by atoms with Gasteiger partial charge < -0.3 is 4.74 Å². The van der Waals surface area contributed by atoms with Gasteiger partial charge in [0.15, 0.2) is 0 Å². The van der Waals surface area contributed by atoms with E-state index in [9.17, 15) is 0 Å². The number of rotatable bonds is 5. The van der Waals surface area contributed by atoms with Crippen LogP contribution in [0.4, 0.5) is 0 Å². The van der Waals surface area contributed by atoms with Crippen molar-refractivity contribution in [2.45, 2.75) is 18.8 Å². The second kappa shape index (κ2) is 11.9. The van der Waals surface area contributed by atoms with Gasteiger partial charge in [-0.05, 0) is 75.7 Å². The molecule has 49 heavy (non-hydrogen) atoms. The molecule has 0 amide bonds. The summed E-state index contributed by atoms with van der Waals surface area (Å²) in [7, 11) is 0. The molecule has 1 aromatic heterocycles. The predicted octanol–water partition coefficient (Wildman–Crippen LogP) is 12.2. The Labute approximate surface area is 287 Å². The molecule has 6 aromatic carbocycles. The van der Waals surface area contributed by atoms with Gasteiger partial charge in [-0.2, -0.15) is 0 Å². The predicted molar refractivity (Wildman–Crippen MR) is 202 cm³/mol. The molecule has 0 saturated carbocycles. The quantitative estimate of drug-likeness (QED) is 0.189. The van der Waals surface area contributed by atoms with Gasteiger partial charge in [0.2, 0.25) is 0 Å². The molecule has 2 nitrogen and oxygen atoms in total. The van der Waals surface area contributed by atoms with E-state index in [1.807, 2.05) is 0 Å². The molecule has 0 saturated heterocycles. The Kier molecular flexibility index (Phi) is 7.09. The molecule has 0 spiro atoms. The second-order valence-corrected chi connectivity index (χ2v) is 13.2.